The number of ether oxygens (including phenoxy) is 5. The van der Waals surface area contributed by atoms with Crippen LogP contribution in [0.1, 0.15) is 176 Å². The second-order valence-electron chi connectivity index (χ2n) is 13.7. The van der Waals surface area contributed by atoms with E-state index in [0.29, 0.717) is 32.3 Å². The molecule has 0 aromatic rings. The number of aliphatic hydroxyl groups excluding tert-OH is 3. The molecule has 0 aliphatic rings. The van der Waals surface area contributed by atoms with Crippen molar-refractivity contribution in [2.45, 2.75) is 213 Å². The van der Waals surface area contributed by atoms with Gasteiger partial charge < -0.3 is 59.1 Å². The molecule has 0 aromatic carbocycles. The number of nitrogens with one attached hydrogen (secondary N) is 2. The van der Waals surface area contributed by atoms with Crippen molar-refractivity contribution in [1.29, 1.82) is 0 Å². The number of methoxy groups -OCH3 is 3. The molecule has 0 heterocycles. The highest BCUT2D eigenvalue weighted by Crippen LogP contribution is 2.16. The third-order valence-corrected chi connectivity index (χ3v) is 7.87. The highest BCUT2D eigenvalue weighted by molar-refractivity contribution is 5.78. The Kier molecular flexibility index (Phi) is 97.1. The summed E-state index contributed by atoms with van der Waals surface area (Å²) in [5.74, 6) is -1.50. The molecule has 0 aliphatic heterocycles. The maximum Gasteiger partial charge on any atom is 0.308 e. The minimum atomic E-state index is -1.79. The van der Waals surface area contributed by atoms with E-state index < -0.39 is 30.6 Å². The molecule has 17 nitrogen and oxygen atoms in total. The molecule has 65 heavy (non-hydrogen) atoms. The van der Waals surface area contributed by atoms with Crippen LogP contribution in [0.3, 0.4) is 0 Å². The monoisotopic (exact) mass is 953 g/mol. The number of aliphatic hydroxyl groups is 4. The molecule has 6 N–H and O–H groups in total. The Morgan fingerprint density at radius 1 is 0.769 bits per heavy atom. The Hall–Kier alpha value is -2.19. The predicted octanol–water partition coefficient (Wildman–Crippen LogP) is 8.36. The van der Waals surface area contributed by atoms with Crippen molar-refractivity contribution in [3.8, 4) is 0 Å². The molecule has 1 amide bonds. The number of amides is 1. The number of hydrogen-bond donors (Lipinski definition) is 6. The minimum Gasteiger partial charge on any atom is -0.462 e. The quantitative estimate of drug-likeness (QED) is 0.0166. The van der Waals surface area contributed by atoms with E-state index in [1.54, 1.807) is 49.0 Å². The van der Waals surface area contributed by atoms with Crippen molar-refractivity contribution >= 4 is 18.2 Å². The fourth-order valence-electron chi connectivity index (χ4n) is 3.63. The molecular weight excluding hydrogens is 841 g/mol. The van der Waals surface area contributed by atoms with Crippen molar-refractivity contribution < 1.29 is 58.5 Å². The van der Waals surface area contributed by atoms with Gasteiger partial charge in [0.25, 0.3) is 0 Å². The average molecular weight is 953 g/mol. The van der Waals surface area contributed by atoms with Gasteiger partial charge in [0, 0.05) is 60.5 Å². The Balaban J connectivity index is -0.0000000781. The molecule has 6 unspecified atom stereocenters. The van der Waals surface area contributed by atoms with Crippen LogP contribution in [0.4, 0.5) is 0 Å². The molecule has 0 saturated carbocycles. The summed E-state index contributed by atoms with van der Waals surface area (Å²) >= 11 is 0. The first-order chi connectivity index (χ1) is 30.7. The number of hydrogen-bond acceptors (Lipinski definition) is 16. The Bertz CT molecular complexity index is 863. The number of carbonyl (C=O) groups excluding carboxylic acids is 3. The van der Waals surface area contributed by atoms with Gasteiger partial charge >= 0.3 is 5.97 Å². The van der Waals surface area contributed by atoms with Gasteiger partial charge in [0.05, 0.1) is 18.1 Å². The number of esters is 1. The second-order valence-corrected chi connectivity index (χ2v) is 13.7. The van der Waals surface area contributed by atoms with E-state index in [1.807, 2.05) is 62.3 Å². The van der Waals surface area contributed by atoms with Gasteiger partial charge in [0.15, 0.2) is 12.5 Å². The van der Waals surface area contributed by atoms with Crippen LogP contribution in [-0.2, 0) is 38.1 Å². The average Bonchev–Trinajstić information content (AvgIpc) is 3.32. The Labute approximate surface area is 401 Å². The van der Waals surface area contributed by atoms with Crippen LogP contribution < -0.4 is 10.6 Å². The largest absolute Gasteiger partial charge is 0.462 e. The number of aldehydes is 1. The molecule has 0 aliphatic carbocycles. The van der Waals surface area contributed by atoms with Crippen molar-refractivity contribution in [3.05, 3.63) is 4.91 Å². The van der Waals surface area contributed by atoms with Crippen LogP contribution in [-0.4, -0.2) is 155 Å². The van der Waals surface area contributed by atoms with E-state index >= 15 is 0 Å². The normalized spacial score (nSPS) is 13.5. The summed E-state index contributed by atoms with van der Waals surface area (Å²) in [5, 5.41) is 41.5. The van der Waals surface area contributed by atoms with Gasteiger partial charge in [-0.1, -0.05) is 110 Å². The van der Waals surface area contributed by atoms with E-state index in [2.05, 4.69) is 60.1 Å². The number of rotatable bonds is 25. The van der Waals surface area contributed by atoms with Gasteiger partial charge in [-0.15, -0.1) is 4.91 Å². The van der Waals surface area contributed by atoms with E-state index in [1.165, 1.54) is 20.5 Å². The number of carbonyl (C=O) groups is 3. The number of nitrogens with zero attached hydrogens (tertiary/aromatic N) is 2. The highest BCUT2D eigenvalue weighted by Gasteiger charge is 2.37. The third-order valence-electron chi connectivity index (χ3n) is 7.87. The third kappa shape index (κ3) is 76.4. The molecule has 8 atom stereocenters. The van der Waals surface area contributed by atoms with Crippen LogP contribution in [0.25, 0.3) is 0 Å². The molecule has 0 bridgehead atoms. The molecular formula is C48H112N4O13. The first-order valence-corrected chi connectivity index (χ1v) is 24.0. The molecule has 402 valence electrons. The van der Waals surface area contributed by atoms with Gasteiger partial charge in [-0.05, 0) is 85.6 Å². The molecule has 17 heteroatoms. The summed E-state index contributed by atoms with van der Waals surface area (Å²) in [5.41, 5.74) is -1.79. The molecule has 0 rings (SSSR count). The lowest BCUT2D eigenvalue weighted by molar-refractivity contribution is -0.157. The molecule has 0 spiro atoms. The highest BCUT2D eigenvalue weighted by atomic mass is 16.6. The fourth-order valence-corrected chi connectivity index (χ4v) is 3.63. The molecule has 0 aromatic heterocycles. The van der Waals surface area contributed by atoms with E-state index in [9.17, 15) is 24.4 Å². The maximum absolute atomic E-state index is 12.0. The zero-order valence-electron chi connectivity index (χ0n) is 46.7. The van der Waals surface area contributed by atoms with Crippen LogP contribution in [0, 0.1) is 16.7 Å². The lowest BCUT2D eigenvalue weighted by atomic mass is 10.0. The van der Waals surface area contributed by atoms with Gasteiger partial charge in [-0.25, -0.2) is 0 Å². The Morgan fingerprint density at radius 2 is 1.22 bits per heavy atom. The van der Waals surface area contributed by atoms with Gasteiger partial charge in [0.2, 0.25) is 5.91 Å². The topological polar surface area (TPSA) is 235 Å². The van der Waals surface area contributed by atoms with Gasteiger partial charge in [-0.2, -0.15) is 0 Å². The predicted molar refractivity (Wildman–Crippen MR) is 272 cm³/mol. The second kappa shape index (κ2) is 73.4. The summed E-state index contributed by atoms with van der Waals surface area (Å²) in [6.07, 6.45) is 4.79. The van der Waals surface area contributed by atoms with E-state index in [-0.39, 0.29) is 36.2 Å². The summed E-state index contributed by atoms with van der Waals surface area (Å²) in [4.78, 5) is 47.1. The lowest BCUT2D eigenvalue weighted by Crippen LogP contribution is -2.53. The lowest BCUT2D eigenvalue weighted by Gasteiger charge is -2.29. The number of nitroso groups, excluding NO2 is 1. The summed E-state index contributed by atoms with van der Waals surface area (Å²) in [7, 11) is 7.44. The van der Waals surface area contributed by atoms with Crippen molar-refractivity contribution in [1.82, 2.24) is 15.5 Å². The SMILES string of the molecule is CC.CC.CC.CCC.CCCOC(C)C(C)OC.CCC[C@@H](C)C(=O)NC(N=O)[C@](C)(O)COC(=O)C(C)CCCOC.CCN(CC)CCC=O.CNC(C)O.CO.COC(C)O. The van der Waals surface area contributed by atoms with Crippen LogP contribution in [0.5, 0.6) is 0 Å². The fraction of sp³-hybridized carbons (Fsp3) is 0.938. The maximum atomic E-state index is 12.0. The summed E-state index contributed by atoms with van der Waals surface area (Å²) < 4.78 is 24.8. The van der Waals surface area contributed by atoms with E-state index in [4.69, 9.17) is 34.3 Å². The van der Waals surface area contributed by atoms with Crippen molar-refractivity contribution in [2.24, 2.45) is 17.0 Å². The van der Waals surface area contributed by atoms with Crippen LogP contribution >= 0.6 is 0 Å². The van der Waals surface area contributed by atoms with Crippen molar-refractivity contribution in [2.75, 3.05) is 74.9 Å². The van der Waals surface area contributed by atoms with Crippen molar-refractivity contribution in [3.63, 3.8) is 0 Å². The smallest absolute Gasteiger partial charge is 0.308 e. The molecule has 0 radical (unpaired) electrons. The van der Waals surface area contributed by atoms with Gasteiger partial charge in [-0.3, -0.25) is 14.9 Å². The Morgan fingerprint density at radius 3 is 1.52 bits per heavy atom. The van der Waals surface area contributed by atoms with E-state index in [0.717, 1.165) is 52.5 Å². The zero-order valence-corrected chi connectivity index (χ0v) is 46.7. The first kappa shape index (κ1) is 86.0. The summed E-state index contributed by atoms with van der Waals surface area (Å²) in [6, 6.07) is 0. The molecule has 0 fully saturated rings. The standard InChI is InChI=1S/C17H32N2O6.C8H18O2.C7H15NO.C3H9NO.C3H8O2.C3H8.3C2H6.CH4O/c1-6-8-12(2)14(20)18-16(19-23)17(4,22)11-25-15(21)13(3)9-7-10-24-5;1-5-6-10-8(3)7(2)9-4;1-3-8(4-2)6-5-7-9;1-3(5)4-2;1-3(4)5-2;1-3-2;4*1-2/h12-13,16,22H,6-11H2,1-5H3,(H,18,20);7-8H,5-6H2,1-4H3;7H,3-6H2,1-2H3;3-5H,1-2H3;3-4H,1-2H3;3H2,1-2H3;3*1-2H3;2H,1H3/t12-,13?,16?,17-;;;;;;;;;/m1........./s1. The first-order valence-electron chi connectivity index (χ1n) is 24.0. The zero-order chi connectivity index (χ0) is 53.8. The molecule has 0 saturated heterocycles. The minimum absolute atomic E-state index is 0.201. The summed E-state index contributed by atoms with van der Waals surface area (Å²) in [6.45, 7) is 40.5. The van der Waals surface area contributed by atoms with Crippen LogP contribution in [0.15, 0.2) is 5.18 Å². The van der Waals surface area contributed by atoms with Gasteiger partial charge in [0.1, 0.15) is 24.7 Å². The van der Waals surface area contributed by atoms with Crippen LogP contribution in [0.2, 0.25) is 0 Å².